The van der Waals surface area contributed by atoms with E-state index in [2.05, 4.69) is 217 Å². The Hall–Kier alpha value is -6.68. The van der Waals surface area contributed by atoms with Crippen molar-refractivity contribution < 1.29 is 0 Å². The van der Waals surface area contributed by atoms with E-state index in [0.717, 1.165) is 17.1 Å². The van der Waals surface area contributed by atoms with Crippen molar-refractivity contribution in [2.24, 2.45) is 0 Å². The van der Waals surface area contributed by atoms with Crippen LogP contribution in [0.5, 0.6) is 0 Å². The topological polar surface area (TPSA) is 8.17 Å². The van der Waals surface area contributed by atoms with Gasteiger partial charge in [-0.1, -0.05) is 141 Å². The molecular weight excluding hydrogens is 697 g/mol. The Kier molecular flexibility index (Phi) is 7.42. The highest BCUT2D eigenvalue weighted by Crippen LogP contribution is 2.51. The number of nitrogens with zero attached hydrogens (tertiary/aromatic N) is 2. The zero-order valence-electron chi connectivity index (χ0n) is 31.3. The van der Waals surface area contributed by atoms with Crippen LogP contribution in [0.25, 0.3) is 70.3 Å². The molecule has 2 heterocycles. The second kappa shape index (κ2) is 12.7. The van der Waals surface area contributed by atoms with E-state index < -0.39 is 0 Å². The molecule has 10 aromatic rings. The smallest absolute Gasteiger partial charge is 0.0727 e. The van der Waals surface area contributed by atoms with Crippen LogP contribution in [0.15, 0.2) is 194 Å². The van der Waals surface area contributed by atoms with E-state index in [4.69, 9.17) is 0 Å². The minimum atomic E-state index is -0.0907. The number of anilines is 3. The molecule has 0 bridgehead atoms. The largest absolute Gasteiger partial charge is 0.310 e. The van der Waals surface area contributed by atoms with Gasteiger partial charge in [-0.3, -0.25) is 0 Å². The van der Waals surface area contributed by atoms with E-state index in [1.165, 1.54) is 81.4 Å². The van der Waals surface area contributed by atoms with Crippen molar-refractivity contribution in [3.8, 4) is 39.1 Å². The molecule has 0 N–H and O–H groups in total. The molecule has 0 saturated carbocycles. The third kappa shape index (κ3) is 5.08. The summed E-state index contributed by atoms with van der Waals surface area (Å²) in [7, 11) is 0. The number of hydrogen-bond acceptors (Lipinski definition) is 2. The minimum absolute atomic E-state index is 0.0907. The summed E-state index contributed by atoms with van der Waals surface area (Å²) in [6.45, 7) is 4.71. The van der Waals surface area contributed by atoms with Gasteiger partial charge in [0.1, 0.15) is 0 Å². The fraction of sp³-hybridized carbons (Fsp3) is 0.0566. The average Bonchev–Trinajstić information content (AvgIpc) is 3.86. The molecule has 0 fully saturated rings. The van der Waals surface area contributed by atoms with Crippen LogP contribution >= 0.6 is 11.3 Å². The maximum Gasteiger partial charge on any atom is 0.0727 e. The SMILES string of the molecule is CC1(C)c2ccccc2-c2ccc(N(c3ccc(-c4ccccc4)cc3)c3ccc(-c4ccc5c(c4)c4sc6ccccc6c4n5-c4ccccc4)cc3)cc21. The van der Waals surface area contributed by atoms with Crippen molar-refractivity contribution in [3.63, 3.8) is 0 Å². The number of thiophene rings is 1. The van der Waals surface area contributed by atoms with Crippen molar-refractivity contribution in [2.45, 2.75) is 19.3 Å². The summed E-state index contributed by atoms with van der Waals surface area (Å²) in [5.74, 6) is 0. The standard InChI is InChI=1S/C53H38N2S/c1-53(2)47-19-11-9-17-43(47)44-31-30-42(34-48(44)53)54(40-26-21-36(22-27-40)35-13-5-3-6-14-35)41-28-23-37(24-29-41)38-25-32-49-46(33-38)52-51(45-18-10-12-20-50(45)56-52)55(49)39-15-7-4-8-16-39/h3-34H,1-2H3. The molecular formula is C53H38N2S. The van der Waals surface area contributed by atoms with Crippen molar-refractivity contribution in [3.05, 3.63) is 205 Å². The highest BCUT2D eigenvalue weighted by molar-refractivity contribution is 7.26. The van der Waals surface area contributed by atoms with Crippen LogP contribution in [0.1, 0.15) is 25.0 Å². The second-order valence-corrected chi connectivity index (χ2v) is 16.4. The van der Waals surface area contributed by atoms with Gasteiger partial charge in [0.25, 0.3) is 0 Å². The van der Waals surface area contributed by atoms with Gasteiger partial charge in [-0.25, -0.2) is 0 Å². The van der Waals surface area contributed by atoms with E-state index in [0.29, 0.717) is 0 Å². The van der Waals surface area contributed by atoms with Crippen LogP contribution in [0.2, 0.25) is 0 Å². The number of para-hydroxylation sites is 1. The number of aromatic nitrogens is 1. The molecule has 0 unspecified atom stereocenters. The first-order valence-corrected chi connectivity index (χ1v) is 20.2. The zero-order chi connectivity index (χ0) is 37.4. The molecule has 11 rings (SSSR count). The van der Waals surface area contributed by atoms with Crippen molar-refractivity contribution in [2.75, 3.05) is 4.90 Å². The lowest BCUT2D eigenvalue weighted by molar-refractivity contribution is 0.660. The van der Waals surface area contributed by atoms with E-state index in [-0.39, 0.29) is 5.41 Å². The molecule has 2 aromatic heterocycles. The number of hydrogen-bond donors (Lipinski definition) is 0. The molecule has 1 aliphatic rings. The van der Waals surface area contributed by atoms with Crippen molar-refractivity contribution in [1.82, 2.24) is 4.57 Å². The first kappa shape index (κ1) is 32.7. The molecule has 56 heavy (non-hydrogen) atoms. The van der Waals surface area contributed by atoms with Crippen molar-refractivity contribution in [1.29, 1.82) is 0 Å². The first-order valence-electron chi connectivity index (χ1n) is 19.3. The maximum atomic E-state index is 2.44. The molecule has 2 nitrogen and oxygen atoms in total. The van der Waals surface area contributed by atoms with Gasteiger partial charge in [-0.05, 0) is 111 Å². The number of fused-ring (bicyclic) bond motifs is 8. The molecule has 3 heteroatoms. The lowest BCUT2D eigenvalue weighted by Gasteiger charge is -2.28. The molecule has 0 amide bonds. The second-order valence-electron chi connectivity index (χ2n) is 15.4. The van der Waals surface area contributed by atoms with Crippen LogP contribution in [-0.4, -0.2) is 4.57 Å². The minimum Gasteiger partial charge on any atom is -0.310 e. The molecule has 266 valence electrons. The molecule has 0 saturated heterocycles. The lowest BCUT2D eigenvalue weighted by atomic mass is 9.82. The van der Waals surface area contributed by atoms with Crippen LogP contribution in [0.4, 0.5) is 17.1 Å². The van der Waals surface area contributed by atoms with Crippen LogP contribution in [-0.2, 0) is 5.41 Å². The van der Waals surface area contributed by atoms with E-state index in [1.54, 1.807) is 0 Å². The summed E-state index contributed by atoms with van der Waals surface area (Å²) in [5.41, 5.74) is 17.3. The number of rotatable bonds is 6. The Morgan fingerprint density at radius 1 is 0.446 bits per heavy atom. The molecule has 0 radical (unpaired) electrons. The predicted molar refractivity (Wildman–Crippen MR) is 239 cm³/mol. The van der Waals surface area contributed by atoms with E-state index >= 15 is 0 Å². The number of benzene rings is 8. The Morgan fingerprint density at radius 3 is 1.77 bits per heavy atom. The Labute approximate surface area is 331 Å². The zero-order valence-corrected chi connectivity index (χ0v) is 32.1. The summed E-state index contributed by atoms with van der Waals surface area (Å²) in [6.07, 6.45) is 0. The third-order valence-electron chi connectivity index (χ3n) is 11.8. The maximum absolute atomic E-state index is 2.44. The van der Waals surface area contributed by atoms with Gasteiger partial charge in [0, 0.05) is 43.6 Å². The van der Waals surface area contributed by atoms with Gasteiger partial charge in [0.15, 0.2) is 0 Å². The summed E-state index contributed by atoms with van der Waals surface area (Å²) < 4.78 is 5.08. The summed E-state index contributed by atoms with van der Waals surface area (Å²) >= 11 is 1.89. The molecule has 8 aromatic carbocycles. The molecule has 0 aliphatic heterocycles. The Morgan fingerprint density at radius 2 is 1.02 bits per heavy atom. The van der Waals surface area contributed by atoms with Gasteiger partial charge < -0.3 is 9.47 Å². The van der Waals surface area contributed by atoms with Gasteiger partial charge in [-0.2, -0.15) is 0 Å². The quantitative estimate of drug-likeness (QED) is 0.165. The molecule has 0 spiro atoms. The van der Waals surface area contributed by atoms with Crippen LogP contribution in [0, 0.1) is 0 Å². The Bertz CT molecular complexity index is 3080. The molecule has 1 aliphatic carbocycles. The predicted octanol–water partition coefficient (Wildman–Crippen LogP) is 15.1. The highest BCUT2D eigenvalue weighted by atomic mass is 32.1. The van der Waals surface area contributed by atoms with E-state index in [9.17, 15) is 0 Å². The lowest BCUT2D eigenvalue weighted by Crippen LogP contribution is -2.16. The third-order valence-corrected chi connectivity index (χ3v) is 13.0. The highest BCUT2D eigenvalue weighted by Gasteiger charge is 2.35. The fourth-order valence-corrected chi connectivity index (χ4v) is 10.2. The summed E-state index contributed by atoms with van der Waals surface area (Å²) in [6, 6.07) is 71.1. The van der Waals surface area contributed by atoms with Gasteiger partial charge in [0.05, 0.1) is 15.7 Å². The monoisotopic (exact) mass is 734 g/mol. The Balaban J connectivity index is 1.02. The van der Waals surface area contributed by atoms with Gasteiger partial charge in [-0.15, -0.1) is 11.3 Å². The molecule has 0 atom stereocenters. The normalized spacial score (nSPS) is 13.0. The van der Waals surface area contributed by atoms with Crippen molar-refractivity contribution >= 4 is 59.6 Å². The summed E-state index contributed by atoms with van der Waals surface area (Å²) in [5, 5.41) is 2.59. The van der Waals surface area contributed by atoms with Crippen LogP contribution < -0.4 is 4.90 Å². The van der Waals surface area contributed by atoms with Gasteiger partial charge in [0.2, 0.25) is 0 Å². The first-order chi connectivity index (χ1) is 27.5. The summed E-state index contributed by atoms with van der Waals surface area (Å²) in [4.78, 5) is 2.40. The fourth-order valence-electron chi connectivity index (χ4n) is 9.01. The average molecular weight is 735 g/mol. The van der Waals surface area contributed by atoms with Gasteiger partial charge >= 0.3 is 0 Å². The van der Waals surface area contributed by atoms with E-state index in [1.807, 2.05) is 11.3 Å². The van der Waals surface area contributed by atoms with Crippen LogP contribution in [0.3, 0.4) is 0 Å².